The van der Waals surface area contributed by atoms with E-state index in [1.165, 1.54) is 31.2 Å². The normalized spacial score (nSPS) is 13.2. The minimum Gasteiger partial charge on any atom is -0.384 e. The van der Waals surface area contributed by atoms with Crippen molar-refractivity contribution in [3.63, 3.8) is 0 Å². The van der Waals surface area contributed by atoms with Gasteiger partial charge in [0.1, 0.15) is 6.10 Å². The van der Waals surface area contributed by atoms with Gasteiger partial charge in [-0.05, 0) is 31.2 Å². The molecule has 1 unspecified atom stereocenters. The molecule has 5 nitrogen and oxygen atoms in total. The van der Waals surface area contributed by atoms with E-state index in [0.717, 1.165) is 0 Å². The van der Waals surface area contributed by atoms with Gasteiger partial charge >= 0.3 is 0 Å². The van der Waals surface area contributed by atoms with Crippen LogP contribution in [0.1, 0.15) is 6.92 Å². The average molecular weight is 264 g/mol. The van der Waals surface area contributed by atoms with Gasteiger partial charge in [0.25, 0.3) is 15.9 Å². The second-order valence-electron chi connectivity index (χ2n) is 3.10. The number of hydrogen-bond acceptors (Lipinski definition) is 4. The van der Waals surface area contributed by atoms with Crippen LogP contribution in [0.3, 0.4) is 0 Å². The Labute approximate surface area is 98.1 Å². The standard InChI is InChI=1S/C9H10ClNO4S/c1-6(12)9(13)11-16(14,15)8-4-2-7(10)3-5-8/h2-6,12H,1H3,(H,11,13). The molecule has 0 spiro atoms. The molecule has 1 aromatic carbocycles. The molecule has 0 aliphatic heterocycles. The predicted molar refractivity (Wildman–Crippen MR) is 58.5 cm³/mol. The molecule has 0 saturated carbocycles. The summed E-state index contributed by atoms with van der Waals surface area (Å²) in [6.45, 7) is 1.17. The van der Waals surface area contributed by atoms with Crippen molar-refractivity contribution < 1.29 is 18.3 Å². The maximum absolute atomic E-state index is 11.6. The van der Waals surface area contributed by atoms with E-state index in [2.05, 4.69) is 0 Å². The van der Waals surface area contributed by atoms with E-state index in [0.29, 0.717) is 5.02 Å². The van der Waals surface area contributed by atoms with Gasteiger partial charge in [-0.3, -0.25) is 4.79 Å². The summed E-state index contributed by atoms with van der Waals surface area (Å²) in [4.78, 5) is 10.9. The number of rotatable bonds is 3. The number of benzene rings is 1. The van der Waals surface area contributed by atoms with E-state index in [9.17, 15) is 13.2 Å². The second-order valence-corrected chi connectivity index (χ2v) is 5.22. The van der Waals surface area contributed by atoms with Gasteiger partial charge in [-0.25, -0.2) is 13.1 Å². The summed E-state index contributed by atoms with van der Waals surface area (Å²) in [6.07, 6.45) is -1.39. The van der Waals surface area contributed by atoms with E-state index < -0.39 is 22.0 Å². The number of carbonyl (C=O) groups is 1. The van der Waals surface area contributed by atoms with Gasteiger partial charge in [-0.15, -0.1) is 0 Å². The van der Waals surface area contributed by atoms with Crippen LogP contribution in [0.2, 0.25) is 5.02 Å². The van der Waals surface area contributed by atoms with E-state index >= 15 is 0 Å². The maximum Gasteiger partial charge on any atom is 0.264 e. The van der Waals surface area contributed by atoms with Crippen molar-refractivity contribution in [2.24, 2.45) is 0 Å². The molecule has 0 radical (unpaired) electrons. The van der Waals surface area contributed by atoms with Crippen molar-refractivity contribution in [1.29, 1.82) is 0 Å². The van der Waals surface area contributed by atoms with Gasteiger partial charge in [0, 0.05) is 5.02 Å². The Morgan fingerprint density at radius 1 is 1.38 bits per heavy atom. The van der Waals surface area contributed by atoms with Crippen LogP contribution in [0, 0.1) is 0 Å². The summed E-state index contributed by atoms with van der Waals surface area (Å²) in [5.74, 6) is -0.977. The molecule has 0 aromatic heterocycles. The monoisotopic (exact) mass is 263 g/mol. The van der Waals surface area contributed by atoms with Crippen molar-refractivity contribution in [1.82, 2.24) is 4.72 Å². The fourth-order valence-corrected chi connectivity index (χ4v) is 2.06. The number of aliphatic hydroxyl groups excluding tert-OH is 1. The highest BCUT2D eigenvalue weighted by Crippen LogP contribution is 2.13. The molecule has 0 aliphatic carbocycles. The van der Waals surface area contributed by atoms with Crippen molar-refractivity contribution in [2.75, 3.05) is 0 Å². The lowest BCUT2D eigenvalue weighted by atomic mass is 10.4. The molecule has 0 fully saturated rings. The average Bonchev–Trinajstić information content (AvgIpc) is 2.17. The molecular formula is C9H10ClNO4S. The Balaban J connectivity index is 2.95. The van der Waals surface area contributed by atoms with Crippen LogP contribution in [0.4, 0.5) is 0 Å². The summed E-state index contributed by atoms with van der Waals surface area (Å²) in [5, 5.41) is 9.27. The number of carbonyl (C=O) groups excluding carboxylic acids is 1. The lowest BCUT2D eigenvalue weighted by molar-refractivity contribution is -0.126. The molecule has 0 saturated heterocycles. The number of amides is 1. The quantitative estimate of drug-likeness (QED) is 0.833. The maximum atomic E-state index is 11.6. The third-order valence-corrected chi connectivity index (χ3v) is 3.35. The summed E-state index contributed by atoms with van der Waals surface area (Å²) in [5.41, 5.74) is 0. The fourth-order valence-electron chi connectivity index (χ4n) is 0.890. The zero-order chi connectivity index (χ0) is 12.3. The first-order valence-electron chi connectivity index (χ1n) is 4.33. The van der Waals surface area contributed by atoms with Crippen LogP contribution >= 0.6 is 11.6 Å². The number of aliphatic hydroxyl groups is 1. The van der Waals surface area contributed by atoms with Gasteiger partial charge < -0.3 is 5.11 Å². The highest BCUT2D eigenvalue weighted by Gasteiger charge is 2.19. The van der Waals surface area contributed by atoms with Crippen LogP contribution in [0.25, 0.3) is 0 Å². The first-order chi connectivity index (χ1) is 7.33. The number of halogens is 1. The van der Waals surface area contributed by atoms with Crippen molar-refractivity contribution in [2.45, 2.75) is 17.9 Å². The molecule has 1 aromatic rings. The van der Waals surface area contributed by atoms with Crippen molar-refractivity contribution in [3.05, 3.63) is 29.3 Å². The van der Waals surface area contributed by atoms with Gasteiger partial charge in [-0.1, -0.05) is 11.6 Å². The van der Waals surface area contributed by atoms with Crippen LogP contribution in [-0.4, -0.2) is 25.5 Å². The molecule has 7 heteroatoms. The summed E-state index contributed by atoms with van der Waals surface area (Å²) in [7, 11) is -3.94. The Morgan fingerprint density at radius 2 is 1.88 bits per heavy atom. The first kappa shape index (κ1) is 13.0. The van der Waals surface area contributed by atoms with E-state index in [1.54, 1.807) is 4.72 Å². The van der Waals surface area contributed by atoms with Gasteiger partial charge in [0.05, 0.1) is 4.90 Å². The lowest BCUT2D eigenvalue weighted by Gasteiger charge is -2.08. The minimum atomic E-state index is -3.94. The molecule has 0 bridgehead atoms. The van der Waals surface area contributed by atoms with Crippen molar-refractivity contribution >= 4 is 27.5 Å². The topological polar surface area (TPSA) is 83.5 Å². The zero-order valence-electron chi connectivity index (χ0n) is 8.34. The Morgan fingerprint density at radius 3 is 2.31 bits per heavy atom. The van der Waals surface area contributed by atoms with Crippen LogP contribution in [-0.2, 0) is 14.8 Å². The summed E-state index contributed by atoms with van der Waals surface area (Å²) < 4.78 is 24.9. The Kier molecular flexibility index (Phi) is 3.90. The molecule has 16 heavy (non-hydrogen) atoms. The highest BCUT2D eigenvalue weighted by atomic mass is 35.5. The molecular weight excluding hydrogens is 254 g/mol. The zero-order valence-corrected chi connectivity index (χ0v) is 9.92. The predicted octanol–water partition coefficient (Wildman–Crippen LogP) is 0.526. The van der Waals surface area contributed by atoms with Crippen LogP contribution in [0.5, 0.6) is 0 Å². The smallest absolute Gasteiger partial charge is 0.264 e. The largest absolute Gasteiger partial charge is 0.384 e. The Bertz CT molecular complexity index is 481. The van der Waals surface area contributed by atoms with Crippen LogP contribution < -0.4 is 4.72 Å². The fraction of sp³-hybridized carbons (Fsp3) is 0.222. The molecule has 0 aliphatic rings. The van der Waals surface area contributed by atoms with E-state index in [1.807, 2.05) is 0 Å². The summed E-state index contributed by atoms with van der Waals surface area (Å²) in [6, 6.07) is 5.31. The third kappa shape index (κ3) is 3.19. The minimum absolute atomic E-state index is 0.0918. The molecule has 2 N–H and O–H groups in total. The van der Waals surface area contributed by atoms with E-state index in [4.69, 9.17) is 16.7 Å². The number of sulfonamides is 1. The van der Waals surface area contributed by atoms with Gasteiger partial charge in [-0.2, -0.15) is 0 Å². The summed E-state index contributed by atoms with van der Waals surface area (Å²) >= 11 is 5.60. The van der Waals surface area contributed by atoms with Crippen LogP contribution in [0.15, 0.2) is 29.2 Å². The third-order valence-electron chi connectivity index (χ3n) is 1.74. The lowest BCUT2D eigenvalue weighted by Crippen LogP contribution is -2.37. The van der Waals surface area contributed by atoms with Gasteiger partial charge in [0.15, 0.2) is 0 Å². The van der Waals surface area contributed by atoms with Gasteiger partial charge in [0.2, 0.25) is 0 Å². The molecule has 1 rings (SSSR count). The Hall–Kier alpha value is -1.11. The number of hydrogen-bond donors (Lipinski definition) is 2. The molecule has 1 amide bonds. The molecule has 1 atom stereocenters. The first-order valence-corrected chi connectivity index (χ1v) is 6.19. The molecule has 88 valence electrons. The number of nitrogens with one attached hydrogen (secondary N) is 1. The SMILES string of the molecule is CC(O)C(=O)NS(=O)(=O)c1ccc(Cl)cc1. The highest BCUT2D eigenvalue weighted by molar-refractivity contribution is 7.90. The van der Waals surface area contributed by atoms with Crippen molar-refractivity contribution in [3.8, 4) is 0 Å². The second kappa shape index (κ2) is 4.82. The van der Waals surface area contributed by atoms with E-state index in [-0.39, 0.29) is 4.90 Å². The molecule has 0 heterocycles.